The number of carbonyl (C=O) groups excluding carboxylic acids is 1. The molecule has 1 unspecified atom stereocenters. The van der Waals surface area contributed by atoms with E-state index in [4.69, 9.17) is 16.3 Å². The lowest BCUT2D eigenvalue weighted by molar-refractivity contribution is -0.140. The number of ether oxygens (including phenoxy) is 1. The van der Waals surface area contributed by atoms with E-state index in [1.807, 2.05) is 48.2 Å². The van der Waals surface area contributed by atoms with Crippen molar-refractivity contribution in [2.75, 3.05) is 43.9 Å². The van der Waals surface area contributed by atoms with Gasteiger partial charge in [0.25, 0.3) is 5.91 Å². The van der Waals surface area contributed by atoms with E-state index in [9.17, 15) is 10.1 Å². The smallest absolute Gasteiger partial charge is 0.265 e. The van der Waals surface area contributed by atoms with Crippen molar-refractivity contribution >= 4 is 28.9 Å². The number of amides is 1. The molecule has 2 aromatic rings. The minimum Gasteiger partial charge on any atom is -0.476 e. The molecule has 31 heavy (non-hydrogen) atoms. The number of hydrogen-bond acceptors (Lipinski definition) is 6. The maximum absolute atomic E-state index is 13.1. The molecule has 2 aliphatic heterocycles. The molecule has 0 bridgehead atoms. The monoisotopic (exact) mass is 439 g/mol. The number of rotatable bonds is 4. The summed E-state index contributed by atoms with van der Waals surface area (Å²) >= 11 is 6.33. The van der Waals surface area contributed by atoms with Crippen molar-refractivity contribution in [1.82, 2.24) is 9.88 Å². The maximum Gasteiger partial charge on any atom is 0.265 e. The number of hydrogen-bond donors (Lipinski definition) is 1. The Balaban J connectivity index is 1.41. The second-order valence-corrected chi connectivity index (χ2v) is 8.84. The van der Waals surface area contributed by atoms with Crippen molar-refractivity contribution in [1.29, 1.82) is 5.26 Å². The van der Waals surface area contributed by atoms with E-state index in [1.54, 1.807) is 12.4 Å². The van der Waals surface area contributed by atoms with Crippen LogP contribution in [-0.2, 0) is 11.2 Å². The topological polar surface area (TPSA) is 81.5 Å². The van der Waals surface area contributed by atoms with Gasteiger partial charge in [-0.3, -0.25) is 9.78 Å². The van der Waals surface area contributed by atoms with Crippen molar-refractivity contribution < 1.29 is 9.53 Å². The van der Waals surface area contributed by atoms with Gasteiger partial charge in [-0.1, -0.05) is 11.6 Å². The molecule has 8 heteroatoms. The van der Waals surface area contributed by atoms with Crippen molar-refractivity contribution in [2.24, 2.45) is 5.41 Å². The second kappa shape index (κ2) is 8.64. The Bertz CT molecular complexity index is 997. The van der Waals surface area contributed by atoms with E-state index in [-0.39, 0.29) is 5.91 Å². The van der Waals surface area contributed by atoms with Crippen LogP contribution in [0, 0.1) is 16.7 Å². The number of fused-ring (bicyclic) bond motifs is 1. The molecule has 1 aromatic carbocycles. The Morgan fingerprint density at radius 2 is 2.06 bits per heavy atom. The lowest BCUT2D eigenvalue weighted by Crippen LogP contribution is -2.51. The largest absolute Gasteiger partial charge is 0.476 e. The molecular formula is C23H26ClN5O2. The molecule has 0 aliphatic carbocycles. The van der Waals surface area contributed by atoms with Crippen molar-refractivity contribution in [3.05, 3.63) is 47.2 Å². The Kier molecular flexibility index (Phi) is 5.92. The van der Waals surface area contributed by atoms with Crippen LogP contribution in [0.5, 0.6) is 5.75 Å². The van der Waals surface area contributed by atoms with Crippen LogP contribution >= 0.6 is 11.6 Å². The summed E-state index contributed by atoms with van der Waals surface area (Å²) < 4.78 is 6.06. The number of piperidine rings is 1. The van der Waals surface area contributed by atoms with Crippen molar-refractivity contribution in [2.45, 2.75) is 25.4 Å². The highest BCUT2D eigenvalue weighted by molar-refractivity contribution is 6.33. The van der Waals surface area contributed by atoms with Gasteiger partial charge in [0.2, 0.25) is 0 Å². The lowest BCUT2D eigenvalue weighted by atomic mass is 9.75. The van der Waals surface area contributed by atoms with Crippen LogP contribution in [0.2, 0.25) is 5.02 Å². The number of nitrogens with zero attached hydrogens (tertiary/aromatic N) is 4. The van der Waals surface area contributed by atoms with E-state index < -0.39 is 11.5 Å². The van der Waals surface area contributed by atoms with Gasteiger partial charge in [-0.2, -0.15) is 5.26 Å². The van der Waals surface area contributed by atoms with Crippen LogP contribution in [0.3, 0.4) is 0 Å². The van der Waals surface area contributed by atoms with Crippen LogP contribution < -0.4 is 15.0 Å². The summed E-state index contributed by atoms with van der Waals surface area (Å²) in [5.74, 6) is 0.578. The Labute approximate surface area is 187 Å². The minimum atomic E-state index is -0.599. The summed E-state index contributed by atoms with van der Waals surface area (Å²) in [6.45, 7) is 1.49. The third-order valence-electron chi connectivity index (χ3n) is 6.11. The van der Waals surface area contributed by atoms with E-state index in [1.165, 1.54) is 0 Å². The molecule has 1 atom stereocenters. The number of anilines is 2. The molecule has 1 N–H and O–H groups in total. The Hall–Kier alpha value is -2.98. The summed E-state index contributed by atoms with van der Waals surface area (Å²) in [7, 11) is 3.82. The summed E-state index contributed by atoms with van der Waals surface area (Å²) in [5, 5.41) is 13.8. The molecule has 2 aliphatic rings. The molecule has 7 nitrogen and oxygen atoms in total. The van der Waals surface area contributed by atoms with Gasteiger partial charge in [0.05, 0.1) is 34.4 Å². The molecule has 1 saturated heterocycles. The summed E-state index contributed by atoms with van der Waals surface area (Å²) in [5.41, 5.74) is 2.28. The third kappa shape index (κ3) is 4.40. The fourth-order valence-corrected chi connectivity index (χ4v) is 4.57. The first-order valence-corrected chi connectivity index (χ1v) is 10.8. The molecule has 3 heterocycles. The van der Waals surface area contributed by atoms with Gasteiger partial charge in [0, 0.05) is 45.6 Å². The number of nitriles is 1. The molecule has 162 valence electrons. The highest BCUT2D eigenvalue weighted by Gasteiger charge is 2.39. The molecule has 0 spiro atoms. The molecule has 0 radical (unpaired) electrons. The molecule has 0 saturated carbocycles. The SMILES string of the molecule is CN(C)c1cc2c(cc1Cl)NCC(C(=O)N1CCC(C#N)(Cc3ccncc3)CC1)O2. The molecule has 1 fully saturated rings. The van der Waals surface area contributed by atoms with Crippen LogP contribution in [0.25, 0.3) is 0 Å². The molecule has 4 rings (SSSR count). The predicted molar refractivity (Wildman–Crippen MR) is 120 cm³/mol. The zero-order chi connectivity index (χ0) is 22.0. The first kappa shape index (κ1) is 21.3. The average molecular weight is 440 g/mol. The van der Waals surface area contributed by atoms with E-state index >= 15 is 0 Å². The lowest BCUT2D eigenvalue weighted by Gasteiger charge is -2.39. The quantitative estimate of drug-likeness (QED) is 0.786. The normalized spacial score (nSPS) is 19.4. The standard InChI is InChI=1S/C23H26ClN5O2/c1-28(2)19-12-20-18(11-17(19)24)27-14-21(31-20)22(30)29-9-5-23(15-25,6-10-29)13-16-3-7-26-8-4-16/h3-4,7-8,11-12,21,27H,5-6,9-10,13-14H2,1-2H3. The molecule has 1 aromatic heterocycles. The highest BCUT2D eigenvalue weighted by atomic mass is 35.5. The van der Waals surface area contributed by atoms with Gasteiger partial charge in [-0.25, -0.2) is 0 Å². The van der Waals surface area contributed by atoms with Gasteiger partial charge in [-0.15, -0.1) is 0 Å². The minimum absolute atomic E-state index is 0.0463. The van der Waals surface area contributed by atoms with E-state index in [0.717, 1.165) is 16.9 Å². The van der Waals surface area contributed by atoms with Crippen LogP contribution in [-0.4, -0.2) is 55.6 Å². The Morgan fingerprint density at radius 1 is 1.35 bits per heavy atom. The van der Waals surface area contributed by atoms with Gasteiger partial charge in [0.1, 0.15) is 5.75 Å². The van der Waals surface area contributed by atoms with Gasteiger partial charge < -0.3 is 19.9 Å². The average Bonchev–Trinajstić information content (AvgIpc) is 2.79. The number of carbonyl (C=O) groups is 1. The number of likely N-dealkylation sites (tertiary alicyclic amines) is 1. The fraction of sp³-hybridized carbons (Fsp3) is 0.435. The van der Waals surface area contributed by atoms with Gasteiger partial charge in [0.15, 0.2) is 6.10 Å². The van der Waals surface area contributed by atoms with Crippen molar-refractivity contribution in [3.63, 3.8) is 0 Å². The zero-order valence-corrected chi connectivity index (χ0v) is 18.5. The number of aromatic nitrogens is 1. The third-order valence-corrected chi connectivity index (χ3v) is 6.42. The zero-order valence-electron chi connectivity index (χ0n) is 17.8. The fourth-order valence-electron chi connectivity index (χ4n) is 4.23. The van der Waals surface area contributed by atoms with Crippen LogP contribution in [0.4, 0.5) is 11.4 Å². The summed E-state index contributed by atoms with van der Waals surface area (Å²) in [6.07, 6.45) is 4.87. The van der Waals surface area contributed by atoms with E-state index in [0.29, 0.717) is 49.7 Å². The van der Waals surface area contributed by atoms with E-state index in [2.05, 4.69) is 16.4 Å². The van der Waals surface area contributed by atoms with Crippen LogP contribution in [0.1, 0.15) is 18.4 Å². The molecular weight excluding hydrogens is 414 g/mol. The Morgan fingerprint density at radius 3 is 2.71 bits per heavy atom. The highest BCUT2D eigenvalue weighted by Crippen LogP contribution is 2.39. The first-order chi connectivity index (χ1) is 14.9. The summed E-state index contributed by atoms with van der Waals surface area (Å²) in [6, 6.07) is 10.1. The second-order valence-electron chi connectivity index (χ2n) is 8.43. The number of pyridine rings is 1. The van der Waals surface area contributed by atoms with Gasteiger partial charge >= 0.3 is 0 Å². The molecule has 1 amide bonds. The maximum atomic E-state index is 13.1. The number of halogens is 1. The van der Waals surface area contributed by atoms with Crippen LogP contribution in [0.15, 0.2) is 36.7 Å². The van der Waals surface area contributed by atoms with Crippen molar-refractivity contribution in [3.8, 4) is 11.8 Å². The summed E-state index contributed by atoms with van der Waals surface area (Å²) in [4.78, 5) is 20.9. The predicted octanol–water partition coefficient (Wildman–Crippen LogP) is 3.35. The van der Waals surface area contributed by atoms with Gasteiger partial charge in [-0.05, 0) is 43.0 Å². The number of benzene rings is 1. The number of nitrogens with one attached hydrogen (secondary N) is 1. The first-order valence-electron chi connectivity index (χ1n) is 10.4.